The minimum atomic E-state index is -0.308. The molecule has 0 radical (unpaired) electrons. The largest absolute Gasteiger partial charge is 0.461 e. The van der Waals surface area contributed by atoms with Crippen LogP contribution < -0.4 is 0 Å². The van der Waals surface area contributed by atoms with Crippen LogP contribution >= 0.6 is 0 Å². The quantitative estimate of drug-likeness (QED) is 0.804. The number of fused-ring (bicyclic) bond motifs is 4. The van der Waals surface area contributed by atoms with Gasteiger partial charge in [0.2, 0.25) is 0 Å². The molecule has 0 aromatic heterocycles. The number of carbonyl (C=O) groups is 1. The second kappa shape index (κ2) is 5.20. The normalized spacial score (nSPS) is 29.1. The van der Waals surface area contributed by atoms with Gasteiger partial charge in [-0.3, -0.25) is 0 Å². The number of halogens is 1. The molecular formula is C18H20FNO2. The maximum atomic E-state index is 13.4. The van der Waals surface area contributed by atoms with Gasteiger partial charge in [0.25, 0.3) is 0 Å². The molecule has 3 fully saturated rings. The Bertz CT molecular complexity index is 631. The molecule has 0 N–H and O–H groups in total. The maximum Gasteiger partial charge on any atom is 0.338 e. The van der Waals surface area contributed by atoms with E-state index in [1.165, 1.54) is 12.1 Å². The van der Waals surface area contributed by atoms with Gasteiger partial charge in [0.15, 0.2) is 0 Å². The number of piperidine rings is 3. The minimum absolute atomic E-state index is 0.175. The van der Waals surface area contributed by atoms with Crippen molar-refractivity contribution in [2.45, 2.75) is 25.7 Å². The molecule has 4 aliphatic rings. The van der Waals surface area contributed by atoms with Gasteiger partial charge in [-0.1, -0.05) is 12.1 Å². The van der Waals surface area contributed by atoms with Crippen molar-refractivity contribution in [3.8, 4) is 0 Å². The maximum absolute atomic E-state index is 13.4. The number of ether oxygens (including phenoxy) is 1. The SMILES string of the molecule is O=C(OCC12CCN(CC1)CC2)C1=CCc2ccc(F)cc21. The second-order valence-corrected chi connectivity index (χ2v) is 6.79. The fraction of sp³-hybridized carbons (Fsp3) is 0.500. The van der Waals surface area contributed by atoms with Crippen molar-refractivity contribution in [2.75, 3.05) is 26.2 Å². The highest BCUT2D eigenvalue weighted by atomic mass is 19.1. The zero-order chi connectivity index (χ0) is 15.2. The summed E-state index contributed by atoms with van der Waals surface area (Å²) >= 11 is 0. The van der Waals surface area contributed by atoms with E-state index in [1.807, 2.05) is 6.08 Å². The molecule has 22 heavy (non-hydrogen) atoms. The van der Waals surface area contributed by atoms with Gasteiger partial charge < -0.3 is 9.64 Å². The van der Waals surface area contributed by atoms with Crippen molar-refractivity contribution >= 4 is 11.5 Å². The molecule has 2 bridgehead atoms. The predicted octanol–water partition coefficient (Wildman–Crippen LogP) is 2.79. The summed E-state index contributed by atoms with van der Waals surface area (Å²) in [6, 6.07) is 4.62. The third-order valence-corrected chi connectivity index (χ3v) is 5.49. The summed E-state index contributed by atoms with van der Waals surface area (Å²) in [5.41, 5.74) is 2.39. The number of esters is 1. The van der Waals surface area contributed by atoms with Crippen molar-refractivity contribution in [1.82, 2.24) is 4.90 Å². The van der Waals surface area contributed by atoms with E-state index in [1.54, 1.807) is 6.07 Å². The summed E-state index contributed by atoms with van der Waals surface area (Å²) in [6.07, 6.45) is 5.88. The molecule has 4 heteroatoms. The van der Waals surface area contributed by atoms with Crippen LogP contribution in [0.4, 0.5) is 4.39 Å². The third kappa shape index (κ3) is 2.35. The number of hydrogen-bond donors (Lipinski definition) is 0. The molecule has 3 heterocycles. The summed E-state index contributed by atoms with van der Waals surface area (Å²) in [4.78, 5) is 14.9. The highest BCUT2D eigenvalue weighted by molar-refractivity contribution is 6.18. The summed E-state index contributed by atoms with van der Waals surface area (Å²) in [7, 11) is 0. The molecule has 0 saturated carbocycles. The molecule has 5 rings (SSSR count). The van der Waals surface area contributed by atoms with Crippen LogP contribution in [0, 0.1) is 11.2 Å². The zero-order valence-electron chi connectivity index (χ0n) is 12.6. The van der Waals surface area contributed by atoms with Gasteiger partial charge in [-0.15, -0.1) is 0 Å². The lowest BCUT2D eigenvalue weighted by Crippen LogP contribution is -2.50. The number of rotatable bonds is 3. The Morgan fingerprint density at radius 3 is 2.68 bits per heavy atom. The molecule has 0 amide bonds. The van der Waals surface area contributed by atoms with Gasteiger partial charge in [-0.2, -0.15) is 0 Å². The number of hydrogen-bond acceptors (Lipinski definition) is 3. The van der Waals surface area contributed by atoms with E-state index in [0.29, 0.717) is 24.2 Å². The predicted molar refractivity (Wildman–Crippen MR) is 81.8 cm³/mol. The first-order valence-corrected chi connectivity index (χ1v) is 8.04. The van der Waals surface area contributed by atoms with Crippen LogP contribution in [-0.4, -0.2) is 37.1 Å². The molecule has 3 saturated heterocycles. The van der Waals surface area contributed by atoms with Crippen LogP contribution in [0.25, 0.3) is 5.57 Å². The third-order valence-electron chi connectivity index (χ3n) is 5.49. The molecule has 1 aromatic carbocycles. The summed E-state index contributed by atoms with van der Waals surface area (Å²) in [5, 5.41) is 0. The molecule has 0 atom stereocenters. The minimum Gasteiger partial charge on any atom is -0.461 e. The number of nitrogens with zero attached hydrogens (tertiary/aromatic N) is 1. The van der Waals surface area contributed by atoms with E-state index in [4.69, 9.17) is 4.74 Å². The van der Waals surface area contributed by atoms with E-state index >= 15 is 0 Å². The fourth-order valence-electron chi connectivity index (χ4n) is 3.90. The van der Waals surface area contributed by atoms with Crippen LogP contribution in [0.5, 0.6) is 0 Å². The highest BCUT2D eigenvalue weighted by Crippen LogP contribution is 2.40. The molecule has 1 aromatic rings. The van der Waals surface area contributed by atoms with Gasteiger partial charge in [0.05, 0.1) is 12.2 Å². The fourth-order valence-corrected chi connectivity index (χ4v) is 3.90. The number of allylic oxidation sites excluding steroid dienone is 1. The lowest BCUT2D eigenvalue weighted by atomic mass is 9.73. The van der Waals surface area contributed by atoms with Crippen molar-refractivity contribution in [1.29, 1.82) is 0 Å². The van der Waals surface area contributed by atoms with Gasteiger partial charge in [0.1, 0.15) is 5.82 Å². The summed E-state index contributed by atoms with van der Waals surface area (Å²) < 4.78 is 19.0. The average molecular weight is 301 g/mol. The lowest BCUT2D eigenvalue weighted by Gasteiger charge is -2.47. The van der Waals surface area contributed by atoms with Crippen LogP contribution in [0.2, 0.25) is 0 Å². The number of carbonyl (C=O) groups excluding carboxylic acids is 1. The highest BCUT2D eigenvalue weighted by Gasteiger charge is 2.40. The van der Waals surface area contributed by atoms with Gasteiger partial charge in [0, 0.05) is 5.41 Å². The van der Waals surface area contributed by atoms with Crippen LogP contribution in [0.15, 0.2) is 24.3 Å². The molecule has 0 unspecified atom stereocenters. The Kier molecular flexibility index (Phi) is 3.30. The van der Waals surface area contributed by atoms with E-state index in [0.717, 1.165) is 44.5 Å². The standard InChI is InChI=1S/C18H20FNO2/c19-14-3-1-13-2-4-15(16(13)11-14)17(21)22-12-18-5-8-20(9-6-18)10-7-18/h1,3-4,11H,2,5-10,12H2. The molecule has 0 spiro atoms. The van der Waals surface area contributed by atoms with Gasteiger partial charge in [-0.25, -0.2) is 9.18 Å². The smallest absolute Gasteiger partial charge is 0.338 e. The Balaban J connectivity index is 1.45. The first kappa shape index (κ1) is 13.9. The van der Waals surface area contributed by atoms with Gasteiger partial charge in [-0.05, 0) is 68.6 Å². The zero-order valence-corrected chi connectivity index (χ0v) is 12.6. The van der Waals surface area contributed by atoms with Crippen molar-refractivity contribution in [3.63, 3.8) is 0 Å². The molecule has 3 nitrogen and oxygen atoms in total. The summed E-state index contributed by atoms with van der Waals surface area (Å²) in [6.45, 7) is 3.86. The van der Waals surface area contributed by atoms with Crippen LogP contribution in [0.1, 0.15) is 30.4 Å². The van der Waals surface area contributed by atoms with Crippen LogP contribution in [-0.2, 0) is 16.0 Å². The topological polar surface area (TPSA) is 29.5 Å². The Morgan fingerprint density at radius 2 is 1.95 bits per heavy atom. The lowest BCUT2D eigenvalue weighted by molar-refractivity contribution is -0.143. The molecule has 3 aliphatic heterocycles. The summed E-state index contributed by atoms with van der Waals surface area (Å²) in [5.74, 6) is -0.607. The van der Waals surface area contributed by atoms with E-state index in [-0.39, 0.29) is 17.2 Å². The van der Waals surface area contributed by atoms with E-state index in [2.05, 4.69) is 4.90 Å². The van der Waals surface area contributed by atoms with Crippen molar-refractivity contribution in [2.24, 2.45) is 5.41 Å². The number of benzene rings is 1. The van der Waals surface area contributed by atoms with Gasteiger partial charge >= 0.3 is 5.97 Å². The molecule has 1 aliphatic carbocycles. The first-order valence-electron chi connectivity index (χ1n) is 8.04. The van der Waals surface area contributed by atoms with E-state index in [9.17, 15) is 9.18 Å². The van der Waals surface area contributed by atoms with Crippen molar-refractivity contribution in [3.05, 3.63) is 41.2 Å². The Labute approximate surface area is 129 Å². The van der Waals surface area contributed by atoms with Crippen LogP contribution in [0.3, 0.4) is 0 Å². The molecule has 116 valence electrons. The molecular weight excluding hydrogens is 281 g/mol. The first-order chi connectivity index (χ1) is 10.7. The average Bonchev–Trinajstić information content (AvgIpc) is 2.97. The van der Waals surface area contributed by atoms with E-state index < -0.39 is 0 Å². The Hall–Kier alpha value is -1.68. The second-order valence-electron chi connectivity index (χ2n) is 6.79. The monoisotopic (exact) mass is 301 g/mol. The Morgan fingerprint density at radius 1 is 1.23 bits per heavy atom. The van der Waals surface area contributed by atoms with Crippen molar-refractivity contribution < 1.29 is 13.9 Å².